The van der Waals surface area contributed by atoms with Crippen LogP contribution in [-0.2, 0) is 4.74 Å². The van der Waals surface area contributed by atoms with Crippen molar-refractivity contribution in [3.05, 3.63) is 35.4 Å². The molecule has 4 rings (SSSR count). The highest BCUT2D eigenvalue weighted by Gasteiger charge is 2.33. The molecule has 1 fully saturated rings. The van der Waals surface area contributed by atoms with Crippen molar-refractivity contribution in [1.82, 2.24) is 25.0 Å². The van der Waals surface area contributed by atoms with Crippen molar-refractivity contribution in [2.24, 2.45) is 5.73 Å². The lowest BCUT2D eigenvalue weighted by Gasteiger charge is -2.34. The van der Waals surface area contributed by atoms with Gasteiger partial charge in [0.25, 0.3) is 11.8 Å². The summed E-state index contributed by atoms with van der Waals surface area (Å²) in [4.78, 5) is 28.6. The number of nitrogens with zero attached hydrogens (tertiary/aromatic N) is 4. The Morgan fingerprint density at radius 3 is 2.96 bits per heavy atom. The summed E-state index contributed by atoms with van der Waals surface area (Å²) < 4.78 is 7.22. The molecule has 3 aromatic heterocycles. The van der Waals surface area contributed by atoms with Gasteiger partial charge in [0.1, 0.15) is 10.7 Å². The second-order valence-corrected chi connectivity index (χ2v) is 7.28. The lowest BCUT2D eigenvalue weighted by Crippen LogP contribution is -2.33. The summed E-state index contributed by atoms with van der Waals surface area (Å²) in [5.41, 5.74) is 6.77. The van der Waals surface area contributed by atoms with E-state index < -0.39 is 11.8 Å². The number of rotatable bonds is 7. The molecule has 4 N–H and O–H groups in total. The number of hydrogen-bond acceptors (Lipinski definition) is 7. The van der Waals surface area contributed by atoms with Crippen LogP contribution < -0.4 is 11.1 Å². The minimum absolute atomic E-state index is 0.0264. The molecule has 0 bridgehead atoms. The fourth-order valence-electron chi connectivity index (χ4n) is 3.04. The van der Waals surface area contributed by atoms with Gasteiger partial charge < -0.3 is 15.8 Å². The van der Waals surface area contributed by atoms with Gasteiger partial charge in [0.15, 0.2) is 5.69 Å². The molecule has 0 radical (unpaired) electrons. The number of carbonyl (C=O) groups excluding carboxylic acids is 2. The van der Waals surface area contributed by atoms with Crippen LogP contribution in [0.15, 0.2) is 24.0 Å². The predicted octanol–water partition coefficient (Wildman–Crippen LogP) is 1.82. The first kappa shape index (κ1) is 18.3. The van der Waals surface area contributed by atoms with Crippen molar-refractivity contribution in [1.29, 1.82) is 0 Å². The van der Waals surface area contributed by atoms with E-state index in [9.17, 15) is 9.59 Å². The number of nitrogens with one attached hydrogen (secondary N) is 2. The van der Waals surface area contributed by atoms with Gasteiger partial charge in [-0.2, -0.15) is 10.2 Å². The molecule has 28 heavy (non-hydrogen) atoms. The molecule has 0 atom stereocenters. The van der Waals surface area contributed by atoms with Crippen LogP contribution in [0.4, 0.5) is 5.69 Å². The molecule has 0 saturated heterocycles. The number of amides is 2. The topological polar surface area (TPSA) is 141 Å². The zero-order valence-electron chi connectivity index (χ0n) is 15.1. The summed E-state index contributed by atoms with van der Waals surface area (Å²) in [6, 6.07) is 0.118. The summed E-state index contributed by atoms with van der Waals surface area (Å²) in [6.45, 7) is 2.62. The molecular weight excluding hydrogens is 382 g/mol. The van der Waals surface area contributed by atoms with Gasteiger partial charge in [0, 0.05) is 29.9 Å². The zero-order chi connectivity index (χ0) is 19.7. The average Bonchev–Trinajstić information content (AvgIpc) is 3.36. The Balaban J connectivity index is 1.49. The monoisotopic (exact) mass is 401 g/mol. The number of anilines is 1. The number of carbonyl (C=O) groups is 2. The van der Waals surface area contributed by atoms with Crippen molar-refractivity contribution in [3.8, 4) is 10.6 Å². The summed E-state index contributed by atoms with van der Waals surface area (Å²) in [6.07, 6.45) is 6.77. The van der Waals surface area contributed by atoms with Crippen LogP contribution in [0.25, 0.3) is 10.6 Å². The Morgan fingerprint density at radius 2 is 2.29 bits per heavy atom. The van der Waals surface area contributed by atoms with Crippen LogP contribution in [0.3, 0.4) is 0 Å². The first-order valence-corrected chi connectivity index (χ1v) is 9.69. The maximum absolute atomic E-state index is 12.6. The van der Waals surface area contributed by atoms with Gasteiger partial charge in [-0.3, -0.25) is 19.4 Å². The molecule has 0 aromatic carbocycles. The molecule has 146 valence electrons. The van der Waals surface area contributed by atoms with Crippen molar-refractivity contribution >= 4 is 28.8 Å². The van der Waals surface area contributed by atoms with Gasteiger partial charge in [0.2, 0.25) is 0 Å². The van der Waals surface area contributed by atoms with Crippen LogP contribution in [0.5, 0.6) is 0 Å². The van der Waals surface area contributed by atoms with Gasteiger partial charge in [-0.15, -0.1) is 11.3 Å². The van der Waals surface area contributed by atoms with Gasteiger partial charge >= 0.3 is 0 Å². The van der Waals surface area contributed by atoms with Gasteiger partial charge in [-0.25, -0.2) is 4.98 Å². The Labute approximate surface area is 164 Å². The van der Waals surface area contributed by atoms with E-state index in [2.05, 4.69) is 25.6 Å². The lowest BCUT2D eigenvalue weighted by atomic mass is 9.89. The number of thiazole rings is 1. The molecule has 11 heteroatoms. The fourth-order valence-corrected chi connectivity index (χ4v) is 3.82. The summed E-state index contributed by atoms with van der Waals surface area (Å²) in [5.74, 6) is -1.14. The zero-order valence-corrected chi connectivity index (χ0v) is 15.9. The normalized spacial score (nSPS) is 18.6. The van der Waals surface area contributed by atoms with E-state index in [1.165, 1.54) is 11.3 Å². The molecule has 0 aliphatic heterocycles. The minimum atomic E-state index is -0.702. The standard InChI is InChI=1S/C17H19N7O3S/c1-2-27-11-3-10(4-11)24-7-12(14(23-24)15(18)25)21-16(26)13-8-28-17(22-13)9-5-19-20-6-9/h5-8,10-11H,2-4H2,1H3,(H2,18,25)(H,19,20)(H,21,26)/t10-,11+. The van der Waals surface area contributed by atoms with Crippen molar-refractivity contribution in [2.75, 3.05) is 11.9 Å². The van der Waals surface area contributed by atoms with E-state index in [0.29, 0.717) is 11.6 Å². The van der Waals surface area contributed by atoms with Crippen molar-refractivity contribution in [3.63, 3.8) is 0 Å². The van der Waals surface area contributed by atoms with E-state index in [-0.39, 0.29) is 29.2 Å². The average molecular weight is 401 g/mol. The minimum Gasteiger partial charge on any atom is -0.378 e. The van der Waals surface area contributed by atoms with Crippen molar-refractivity contribution < 1.29 is 14.3 Å². The highest BCUT2D eigenvalue weighted by atomic mass is 32.1. The molecule has 1 saturated carbocycles. The van der Waals surface area contributed by atoms with Crippen LogP contribution in [0.2, 0.25) is 0 Å². The molecule has 10 nitrogen and oxygen atoms in total. The van der Waals surface area contributed by atoms with E-state index in [0.717, 1.165) is 18.4 Å². The van der Waals surface area contributed by atoms with Crippen LogP contribution in [-0.4, -0.2) is 49.5 Å². The quantitative estimate of drug-likeness (QED) is 0.551. The largest absolute Gasteiger partial charge is 0.378 e. The van der Waals surface area contributed by atoms with Crippen molar-refractivity contribution in [2.45, 2.75) is 31.9 Å². The first-order chi connectivity index (χ1) is 13.5. The highest BCUT2D eigenvalue weighted by molar-refractivity contribution is 7.13. The smallest absolute Gasteiger partial charge is 0.275 e. The fraction of sp³-hybridized carbons (Fsp3) is 0.353. The summed E-state index contributed by atoms with van der Waals surface area (Å²) >= 11 is 1.33. The molecule has 3 heterocycles. The predicted molar refractivity (Wildman–Crippen MR) is 102 cm³/mol. The van der Waals surface area contributed by atoms with Gasteiger partial charge in [-0.1, -0.05) is 0 Å². The van der Waals surface area contributed by atoms with Crippen LogP contribution in [0.1, 0.15) is 46.8 Å². The molecule has 1 aliphatic carbocycles. The summed E-state index contributed by atoms with van der Waals surface area (Å²) in [5, 5.41) is 15.8. The maximum Gasteiger partial charge on any atom is 0.275 e. The van der Waals surface area contributed by atoms with E-state index in [1.54, 1.807) is 28.7 Å². The highest BCUT2D eigenvalue weighted by Crippen LogP contribution is 2.35. The molecule has 2 amide bonds. The second kappa shape index (κ2) is 7.52. The Hall–Kier alpha value is -3.05. The Bertz CT molecular complexity index is 988. The number of hydrogen-bond donors (Lipinski definition) is 3. The van der Waals surface area contributed by atoms with E-state index in [4.69, 9.17) is 10.5 Å². The number of primary amides is 1. The molecule has 0 unspecified atom stereocenters. The lowest BCUT2D eigenvalue weighted by molar-refractivity contribution is -0.0227. The molecular formula is C17H19N7O3S. The summed E-state index contributed by atoms with van der Waals surface area (Å²) in [7, 11) is 0. The Morgan fingerprint density at radius 1 is 1.46 bits per heavy atom. The van der Waals surface area contributed by atoms with Gasteiger partial charge in [0.05, 0.1) is 24.0 Å². The van der Waals surface area contributed by atoms with E-state index in [1.807, 2.05) is 6.92 Å². The van der Waals surface area contributed by atoms with Crippen LogP contribution in [0, 0.1) is 0 Å². The third-order valence-corrected chi connectivity index (χ3v) is 5.43. The van der Waals surface area contributed by atoms with E-state index >= 15 is 0 Å². The Kier molecular flexibility index (Phi) is 4.92. The molecule has 3 aromatic rings. The number of ether oxygens (including phenoxy) is 1. The number of H-pyrrole nitrogens is 1. The second-order valence-electron chi connectivity index (χ2n) is 6.42. The SMILES string of the molecule is CCO[C@H]1C[C@@H](n2cc(NC(=O)c3csc(-c4cn[nH]c4)n3)c(C(N)=O)n2)C1. The number of aromatic amines is 1. The molecule has 1 aliphatic rings. The maximum atomic E-state index is 12.6. The third-order valence-electron chi connectivity index (χ3n) is 4.54. The number of nitrogens with two attached hydrogens (primary N) is 1. The first-order valence-electron chi connectivity index (χ1n) is 8.81. The third kappa shape index (κ3) is 3.53. The van der Waals surface area contributed by atoms with Gasteiger partial charge in [-0.05, 0) is 19.8 Å². The van der Waals surface area contributed by atoms with Crippen LogP contribution >= 0.6 is 11.3 Å². The number of aromatic nitrogens is 5. The molecule has 0 spiro atoms.